The van der Waals surface area contributed by atoms with E-state index in [2.05, 4.69) is 10.3 Å². The van der Waals surface area contributed by atoms with Gasteiger partial charge in [0.15, 0.2) is 6.61 Å². The fourth-order valence-corrected chi connectivity index (χ4v) is 5.06. The Morgan fingerprint density at radius 3 is 2.82 bits per heavy atom. The maximum Gasteiger partial charge on any atom is 0.341 e. The van der Waals surface area contributed by atoms with Crippen LogP contribution in [-0.4, -0.2) is 40.6 Å². The number of fused-ring (bicyclic) bond motifs is 2. The summed E-state index contributed by atoms with van der Waals surface area (Å²) in [6.45, 7) is 1.56. The van der Waals surface area contributed by atoms with Crippen LogP contribution in [0, 0.1) is 0 Å². The number of amides is 1. The van der Waals surface area contributed by atoms with Gasteiger partial charge in [-0.3, -0.25) is 19.0 Å². The van der Waals surface area contributed by atoms with Gasteiger partial charge < -0.3 is 14.8 Å². The lowest BCUT2D eigenvalue weighted by atomic mass is 10.1. The Labute approximate surface area is 193 Å². The van der Waals surface area contributed by atoms with Crippen LogP contribution in [0.5, 0.6) is 0 Å². The molecule has 0 aliphatic heterocycles. The number of benzene rings is 1. The second kappa shape index (κ2) is 9.95. The number of thiophene rings is 1. The van der Waals surface area contributed by atoms with E-state index in [4.69, 9.17) is 9.47 Å². The molecular weight excluding hydrogens is 446 g/mol. The number of rotatable bonds is 8. The summed E-state index contributed by atoms with van der Waals surface area (Å²) in [5.41, 5.74) is 1.67. The molecule has 0 saturated carbocycles. The monoisotopic (exact) mass is 469 g/mol. The number of esters is 2. The van der Waals surface area contributed by atoms with E-state index in [1.54, 1.807) is 31.2 Å². The molecule has 0 radical (unpaired) electrons. The summed E-state index contributed by atoms with van der Waals surface area (Å²) in [4.78, 5) is 54.6. The Balaban J connectivity index is 1.33. The zero-order valence-electron chi connectivity index (χ0n) is 18.1. The number of nitrogens with zero attached hydrogens (tertiary/aromatic N) is 2. The molecule has 1 aliphatic carbocycles. The van der Waals surface area contributed by atoms with Crippen LogP contribution < -0.4 is 10.9 Å². The molecule has 0 spiro atoms. The average molecular weight is 470 g/mol. The summed E-state index contributed by atoms with van der Waals surface area (Å²) >= 11 is 1.36. The highest BCUT2D eigenvalue weighted by atomic mass is 32.1. The van der Waals surface area contributed by atoms with Crippen molar-refractivity contribution in [2.75, 3.05) is 18.5 Å². The van der Waals surface area contributed by atoms with Gasteiger partial charge in [-0.2, -0.15) is 0 Å². The highest BCUT2D eigenvalue weighted by Gasteiger charge is 2.28. The minimum Gasteiger partial charge on any atom is -0.462 e. The van der Waals surface area contributed by atoms with E-state index in [9.17, 15) is 19.2 Å². The number of carbonyl (C=O) groups is 3. The molecular formula is C23H23N3O6S. The number of aromatic nitrogens is 2. The van der Waals surface area contributed by atoms with Gasteiger partial charge in [-0.15, -0.1) is 11.3 Å². The van der Waals surface area contributed by atoms with Crippen LogP contribution in [0.4, 0.5) is 5.00 Å². The molecule has 9 nitrogen and oxygen atoms in total. The van der Waals surface area contributed by atoms with E-state index in [1.165, 1.54) is 22.2 Å². The quantitative estimate of drug-likeness (QED) is 0.504. The lowest BCUT2D eigenvalue weighted by Gasteiger charge is -2.09. The van der Waals surface area contributed by atoms with Crippen molar-refractivity contribution >= 4 is 45.1 Å². The number of aryl methyl sites for hydroxylation is 2. The Morgan fingerprint density at radius 1 is 1.18 bits per heavy atom. The third kappa shape index (κ3) is 4.95. The summed E-state index contributed by atoms with van der Waals surface area (Å²) < 4.78 is 11.5. The van der Waals surface area contributed by atoms with Gasteiger partial charge in [0.2, 0.25) is 0 Å². The van der Waals surface area contributed by atoms with E-state index < -0.39 is 24.5 Å². The third-order valence-electron chi connectivity index (χ3n) is 5.31. The van der Waals surface area contributed by atoms with E-state index >= 15 is 0 Å². The molecule has 1 amide bonds. The number of para-hydroxylation sites is 1. The van der Waals surface area contributed by atoms with E-state index in [0.29, 0.717) is 21.5 Å². The van der Waals surface area contributed by atoms with Gasteiger partial charge in [0.1, 0.15) is 5.00 Å². The first-order chi connectivity index (χ1) is 16.0. The smallest absolute Gasteiger partial charge is 0.341 e. The largest absolute Gasteiger partial charge is 0.462 e. The molecule has 2 heterocycles. The van der Waals surface area contributed by atoms with E-state index in [-0.39, 0.29) is 25.1 Å². The standard InChI is InChI=1S/C23H23N3O6S/c1-2-31-23(30)20-15-7-5-9-17(15)33-21(20)25-18(27)12-32-19(28)10-11-26-13-24-16-8-4-3-6-14(16)22(26)29/h3-4,6,8,13H,2,5,7,9-12H2,1H3,(H,25,27). The normalized spacial score (nSPS) is 12.4. The minimum atomic E-state index is -0.621. The van der Waals surface area contributed by atoms with Crippen LogP contribution in [0.2, 0.25) is 0 Å². The lowest BCUT2D eigenvalue weighted by Crippen LogP contribution is -2.24. The summed E-state index contributed by atoms with van der Waals surface area (Å²) in [5.74, 6) is -1.62. The Bertz CT molecular complexity index is 1280. The topological polar surface area (TPSA) is 117 Å². The molecule has 0 fully saturated rings. The van der Waals surface area contributed by atoms with Crippen molar-refractivity contribution in [2.45, 2.75) is 39.2 Å². The maximum absolute atomic E-state index is 12.5. The van der Waals surface area contributed by atoms with Crippen LogP contribution in [0.15, 0.2) is 35.4 Å². The first kappa shape index (κ1) is 22.7. The van der Waals surface area contributed by atoms with E-state index in [0.717, 1.165) is 29.7 Å². The zero-order chi connectivity index (χ0) is 23.4. The lowest BCUT2D eigenvalue weighted by molar-refractivity contribution is -0.147. The summed E-state index contributed by atoms with van der Waals surface area (Å²) in [5, 5.41) is 3.56. The molecule has 2 aromatic heterocycles. The molecule has 0 atom stereocenters. The molecule has 1 N–H and O–H groups in total. The van der Waals surface area contributed by atoms with Gasteiger partial charge in [0.05, 0.1) is 35.8 Å². The molecule has 1 aliphatic rings. The number of hydrogen-bond acceptors (Lipinski definition) is 8. The summed E-state index contributed by atoms with van der Waals surface area (Å²) in [6, 6.07) is 6.96. The first-order valence-electron chi connectivity index (χ1n) is 10.7. The van der Waals surface area contributed by atoms with Crippen LogP contribution >= 0.6 is 11.3 Å². The van der Waals surface area contributed by atoms with Gasteiger partial charge in [-0.25, -0.2) is 9.78 Å². The van der Waals surface area contributed by atoms with Crippen molar-refractivity contribution in [3.63, 3.8) is 0 Å². The fraction of sp³-hybridized carbons (Fsp3) is 0.348. The van der Waals surface area contributed by atoms with Crippen molar-refractivity contribution in [1.82, 2.24) is 9.55 Å². The molecule has 33 heavy (non-hydrogen) atoms. The minimum absolute atomic E-state index is 0.0851. The van der Waals surface area contributed by atoms with Gasteiger partial charge in [-0.1, -0.05) is 12.1 Å². The number of anilines is 1. The molecule has 10 heteroatoms. The fourth-order valence-electron chi connectivity index (χ4n) is 3.77. The summed E-state index contributed by atoms with van der Waals surface area (Å²) in [7, 11) is 0. The molecule has 3 aromatic rings. The Morgan fingerprint density at radius 2 is 2.00 bits per heavy atom. The first-order valence-corrected chi connectivity index (χ1v) is 11.5. The van der Waals surface area contributed by atoms with E-state index in [1.807, 2.05) is 0 Å². The molecule has 0 unspecified atom stereocenters. The van der Waals surface area contributed by atoms with Gasteiger partial charge in [0.25, 0.3) is 11.5 Å². The molecule has 4 rings (SSSR count). The van der Waals surface area contributed by atoms with Crippen molar-refractivity contribution < 1.29 is 23.9 Å². The zero-order valence-corrected chi connectivity index (χ0v) is 18.9. The summed E-state index contributed by atoms with van der Waals surface area (Å²) in [6.07, 6.45) is 3.90. The van der Waals surface area contributed by atoms with Crippen molar-refractivity contribution in [3.8, 4) is 0 Å². The molecule has 1 aromatic carbocycles. The van der Waals surface area contributed by atoms with Crippen molar-refractivity contribution in [3.05, 3.63) is 57.0 Å². The second-order valence-corrected chi connectivity index (χ2v) is 8.61. The number of nitrogens with one attached hydrogen (secondary N) is 1. The van der Waals surface area contributed by atoms with Crippen molar-refractivity contribution in [2.24, 2.45) is 0 Å². The molecule has 0 saturated heterocycles. The maximum atomic E-state index is 12.5. The highest BCUT2D eigenvalue weighted by Crippen LogP contribution is 2.39. The van der Waals surface area contributed by atoms with Crippen LogP contribution in [0.25, 0.3) is 10.9 Å². The predicted molar refractivity (Wildman–Crippen MR) is 123 cm³/mol. The average Bonchev–Trinajstić information content (AvgIpc) is 3.38. The van der Waals surface area contributed by atoms with Crippen LogP contribution in [-0.2, 0) is 38.4 Å². The Kier molecular flexibility index (Phi) is 6.83. The van der Waals surface area contributed by atoms with Gasteiger partial charge in [0, 0.05) is 11.4 Å². The van der Waals surface area contributed by atoms with Crippen molar-refractivity contribution in [1.29, 1.82) is 0 Å². The number of ether oxygens (including phenoxy) is 2. The van der Waals surface area contributed by atoms with Crippen LogP contribution in [0.1, 0.15) is 40.6 Å². The number of carbonyl (C=O) groups excluding carboxylic acids is 3. The second-order valence-electron chi connectivity index (χ2n) is 7.50. The number of hydrogen-bond donors (Lipinski definition) is 1. The molecule has 0 bridgehead atoms. The SMILES string of the molecule is CCOC(=O)c1c(NC(=O)COC(=O)CCn2cnc3ccccc3c2=O)sc2c1CCC2. The van der Waals surface area contributed by atoms with Gasteiger partial charge >= 0.3 is 11.9 Å². The molecule has 172 valence electrons. The van der Waals surface area contributed by atoms with Gasteiger partial charge in [-0.05, 0) is 43.9 Å². The third-order valence-corrected chi connectivity index (χ3v) is 6.51. The Hall–Kier alpha value is -3.53. The highest BCUT2D eigenvalue weighted by molar-refractivity contribution is 7.17. The predicted octanol–water partition coefficient (Wildman–Crippen LogP) is 2.70. The van der Waals surface area contributed by atoms with Crippen LogP contribution in [0.3, 0.4) is 0 Å².